The van der Waals surface area contributed by atoms with Crippen molar-refractivity contribution in [1.29, 1.82) is 0 Å². The minimum absolute atomic E-state index is 0.240. The molecule has 112 valence electrons. The van der Waals surface area contributed by atoms with E-state index < -0.39 is 11.9 Å². The molecule has 0 saturated carbocycles. The monoisotopic (exact) mass is 289 g/mol. The highest BCUT2D eigenvalue weighted by atomic mass is 16.2. The molecule has 0 unspecified atom stereocenters. The van der Waals surface area contributed by atoms with Gasteiger partial charge in [0.2, 0.25) is 18.2 Å². The molecule has 3 amide bonds. The van der Waals surface area contributed by atoms with E-state index in [2.05, 4.69) is 5.32 Å². The minimum Gasteiger partial charge on any atom is -0.376 e. The van der Waals surface area contributed by atoms with Crippen LogP contribution in [-0.4, -0.2) is 38.4 Å². The fraction of sp³-hybridized carbons (Fsp3) is 0.400. The standard InChI is InChI=1S/C15H19N3O3/c1-10-4-5-11(13(8-10)17(2)3)18(9-19)12-6-7-14(20)16-15(12)21/h4-5,8-9,12H,6-7H2,1-3H3,(H,16,20,21)/t12-/m1/s1. The van der Waals surface area contributed by atoms with Crippen LogP contribution in [-0.2, 0) is 14.4 Å². The molecule has 1 fully saturated rings. The molecule has 0 aromatic heterocycles. The van der Waals surface area contributed by atoms with Crippen LogP contribution in [0.5, 0.6) is 0 Å². The van der Waals surface area contributed by atoms with E-state index in [0.29, 0.717) is 18.5 Å². The first kappa shape index (κ1) is 15.0. The van der Waals surface area contributed by atoms with Gasteiger partial charge in [-0.2, -0.15) is 0 Å². The Morgan fingerprint density at radius 1 is 1.24 bits per heavy atom. The summed E-state index contributed by atoms with van der Waals surface area (Å²) in [6.07, 6.45) is 1.23. The summed E-state index contributed by atoms with van der Waals surface area (Å²) in [6, 6.07) is 5.02. The maximum atomic E-state index is 12.0. The second-order valence-corrected chi connectivity index (χ2v) is 5.37. The molecule has 0 bridgehead atoms. The predicted octanol–water partition coefficient (Wildman–Crippen LogP) is 0.829. The molecular formula is C15H19N3O3. The zero-order chi connectivity index (χ0) is 15.6. The van der Waals surface area contributed by atoms with Crippen LogP contribution in [0.4, 0.5) is 11.4 Å². The topological polar surface area (TPSA) is 69.7 Å². The number of nitrogens with zero attached hydrogens (tertiary/aromatic N) is 2. The summed E-state index contributed by atoms with van der Waals surface area (Å²) < 4.78 is 0. The van der Waals surface area contributed by atoms with Crippen molar-refractivity contribution in [1.82, 2.24) is 5.32 Å². The number of anilines is 2. The number of nitrogens with one attached hydrogen (secondary N) is 1. The molecule has 0 aliphatic carbocycles. The Morgan fingerprint density at radius 3 is 2.52 bits per heavy atom. The van der Waals surface area contributed by atoms with Crippen molar-refractivity contribution in [2.75, 3.05) is 23.9 Å². The van der Waals surface area contributed by atoms with Crippen LogP contribution >= 0.6 is 0 Å². The molecule has 21 heavy (non-hydrogen) atoms. The Kier molecular flexibility index (Phi) is 4.26. The van der Waals surface area contributed by atoms with Gasteiger partial charge in [0.15, 0.2) is 0 Å². The van der Waals surface area contributed by atoms with E-state index in [9.17, 15) is 14.4 Å². The predicted molar refractivity (Wildman–Crippen MR) is 80.2 cm³/mol. The molecule has 1 aliphatic heterocycles. The van der Waals surface area contributed by atoms with Gasteiger partial charge in [-0.15, -0.1) is 0 Å². The lowest BCUT2D eigenvalue weighted by atomic mass is 10.0. The number of aryl methyl sites for hydroxylation is 1. The Labute approximate surface area is 123 Å². The first-order valence-electron chi connectivity index (χ1n) is 6.79. The summed E-state index contributed by atoms with van der Waals surface area (Å²) in [6.45, 7) is 1.97. The first-order valence-corrected chi connectivity index (χ1v) is 6.79. The highest BCUT2D eigenvalue weighted by molar-refractivity contribution is 6.04. The summed E-state index contributed by atoms with van der Waals surface area (Å²) in [7, 11) is 3.76. The summed E-state index contributed by atoms with van der Waals surface area (Å²) >= 11 is 0. The smallest absolute Gasteiger partial charge is 0.249 e. The third kappa shape index (κ3) is 3.04. The Balaban J connectivity index is 2.40. The zero-order valence-corrected chi connectivity index (χ0v) is 12.4. The number of imide groups is 1. The van der Waals surface area contributed by atoms with Gasteiger partial charge < -0.3 is 9.80 Å². The van der Waals surface area contributed by atoms with Gasteiger partial charge in [0.1, 0.15) is 6.04 Å². The van der Waals surface area contributed by atoms with Crippen LogP contribution in [0.15, 0.2) is 18.2 Å². The minimum atomic E-state index is -0.651. The Morgan fingerprint density at radius 2 is 1.95 bits per heavy atom. The number of benzene rings is 1. The van der Waals surface area contributed by atoms with E-state index in [-0.39, 0.29) is 12.3 Å². The lowest BCUT2D eigenvalue weighted by Gasteiger charge is -2.32. The van der Waals surface area contributed by atoms with Crippen molar-refractivity contribution in [2.45, 2.75) is 25.8 Å². The average Bonchev–Trinajstić information content (AvgIpc) is 2.42. The maximum Gasteiger partial charge on any atom is 0.249 e. The van der Waals surface area contributed by atoms with Crippen LogP contribution in [0.2, 0.25) is 0 Å². The number of piperidine rings is 1. The second kappa shape index (κ2) is 5.95. The van der Waals surface area contributed by atoms with Crippen LogP contribution in [0, 0.1) is 6.92 Å². The number of hydrogen-bond acceptors (Lipinski definition) is 4. The van der Waals surface area contributed by atoms with Crippen molar-refractivity contribution < 1.29 is 14.4 Å². The van der Waals surface area contributed by atoms with Gasteiger partial charge in [-0.25, -0.2) is 0 Å². The highest BCUT2D eigenvalue weighted by Crippen LogP contribution is 2.31. The van der Waals surface area contributed by atoms with Crippen molar-refractivity contribution in [3.05, 3.63) is 23.8 Å². The van der Waals surface area contributed by atoms with Crippen LogP contribution in [0.25, 0.3) is 0 Å². The zero-order valence-electron chi connectivity index (χ0n) is 12.4. The third-order valence-corrected chi connectivity index (χ3v) is 3.55. The molecule has 1 heterocycles. The summed E-state index contributed by atoms with van der Waals surface area (Å²) in [5.41, 5.74) is 2.58. The summed E-state index contributed by atoms with van der Waals surface area (Å²) in [4.78, 5) is 38.0. The molecule has 1 aromatic rings. The molecule has 1 aromatic carbocycles. The third-order valence-electron chi connectivity index (χ3n) is 3.55. The van der Waals surface area contributed by atoms with E-state index in [1.807, 2.05) is 44.1 Å². The van der Waals surface area contributed by atoms with Gasteiger partial charge in [0.05, 0.1) is 11.4 Å². The number of carbonyl (C=O) groups is 3. The fourth-order valence-corrected chi connectivity index (χ4v) is 2.46. The quantitative estimate of drug-likeness (QED) is 0.658. The van der Waals surface area contributed by atoms with Gasteiger partial charge in [-0.1, -0.05) is 6.07 Å². The lowest BCUT2D eigenvalue weighted by molar-refractivity contribution is -0.134. The average molecular weight is 289 g/mol. The van der Waals surface area contributed by atoms with E-state index in [0.717, 1.165) is 11.3 Å². The van der Waals surface area contributed by atoms with E-state index in [4.69, 9.17) is 0 Å². The molecule has 1 N–H and O–H groups in total. The SMILES string of the molecule is Cc1ccc(N(C=O)[C@@H]2CCC(=O)NC2=O)c(N(C)C)c1. The van der Waals surface area contributed by atoms with Crippen LogP contribution < -0.4 is 15.1 Å². The Hall–Kier alpha value is -2.37. The normalized spacial score (nSPS) is 18.1. The molecule has 6 heteroatoms. The van der Waals surface area contributed by atoms with Crippen LogP contribution in [0.1, 0.15) is 18.4 Å². The number of rotatable bonds is 4. The largest absolute Gasteiger partial charge is 0.376 e. The van der Waals surface area contributed by atoms with E-state index >= 15 is 0 Å². The molecule has 1 saturated heterocycles. The molecule has 1 aliphatic rings. The maximum absolute atomic E-state index is 12.0. The van der Waals surface area contributed by atoms with Crippen molar-refractivity contribution in [3.63, 3.8) is 0 Å². The molecule has 1 atom stereocenters. The van der Waals surface area contributed by atoms with Gasteiger partial charge in [-0.3, -0.25) is 19.7 Å². The lowest BCUT2D eigenvalue weighted by Crippen LogP contribution is -2.52. The number of hydrogen-bond donors (Lipinski definition) is 1. The van der Waals surface area contributed by atoms with Crippen molar-refractivity contribution in [3.8, 4) is 0 Å². The van der Waals surface area contributed by atoms with E-state index in [1.165, 1.54) is 4.90 Å². The van der Waals surface area contributed by atoms with E-state index in [1.54, 1.807) is 0 Å². The molecular weight excluding hydrogens is 270 g/mol. The number of carbonyl (C=O) groups excluding carboxylic acids is 3. The summed E-state index contributed by atoms with van der Waals surface area (Å²) in [5.74, 6) is -0.720. The first-order chi connectivity index (χ1) is 9.93. The van der Waals surface area contributed by atoms with Gasteiger partial charge in [0, 0.05) is 20.5 Å². The molecule has 6 nitrogen and oxygen atoms in total. The Bertz CT molecular complexity index is 584. The molecule has 0 spiro atoms. The highest BCUT2D eigenvalue weighted by Gasteiger charge is 2.33. The van der Waals surface area contributed by atoms with Crippen molar-refractivity contribution in [2.24, 2.45) is 0 Å². The molecule has 0 radical (unpaired) electrons. The van der Waals surface area contributed by atoms with Crippen LogP contribution in [0.3, 0.4) is 0 Å². The van der Waals surface area contributed by atoms with Crippen molar-refractivity contribution >= 4 is 29.6 Å². The van der Waals surface area contributed by atoms with Gasteiger partial charge in [-0.05, 0) is 31.0 Å². The number of amides is 3. The molecule has 2 rings (SSSR count). The fourth-order valence-electron chi connectivity index (χ4n) is 2.46. The van der Waals surface area contributed by atoms with Gasteiger partial charge >= 0.3 is 0 Å². The second-order valence-electron chi connectivity index (χ2n) is 5.37. The summed E-state index contributed by atoms with van der Waals surface area (Å²) in [5, 5.41) is 2.28. The van der Waals surface area contributed by atoms with Gasteiger partial charge in [0.25, 0.3) is 0 Å².